The van der Waals surface area contributed by atoms with Gasteiger partial charge in [-0.25, -0.2) is 21.9 Å². The van der Waals surface area contributed by atoms with Crippen LogP contribution in [0.5, 0.6) is 0 Å². The quantitative estimate of drug-likeness (QED) is 0.815. The van der Waals surface area contributed by atoms with Crippen LogP contribution < -0.4 is 0 Å². The number of aliphatic carboxylic acids is 1. The third-order valence-corrected chi connectivity index (χ3v) is 5.13. The highest BCUT2D eigenvalue weighted by Gasteiger charge is 2.30. The molecule has 1 aromatic rings. The van der Waals surface area contributed by atoms with Gasteiger partial charge in [-0.1, -0.05) is 6.07 Å². The molecule has 1 fully saturated rings. The summed E-state index contributed by atoms with van der Waals surface area (Å²) < 4.78 is 39.7. The molecule has 1 N–H and O–H groups in total. The molecule has 21 heavy (non-hydrogen) atoms. The van der Waals surface area contributed by atoms with Crippen molar-refractivity contribution in [1.29, 1.82) is 0 Å². The summed E-state index contributed by atoms with van der Waals surface area (Å²) in [6, 6.07) is 3.55. The van der Waals surface area contributed by atoms with Gasteiger partial charge in [-0.05, 0) is 42.5 Å². The maximum Gasteiger partial charge on any atom is 0.328 e. The summed E-state index contributed by atoms with van der Waals surface area (Å²) in [6.45, 7) is 0.391. The molecule has 5 nitrogen and oxygen atoms in total. The van der Waals surface area contributed by atoms with Crippen LogP contribution in [0.4, 0.5) is 4.39 Å². The summed E-state index contributed by atoms with van der Waals surface area (Å²) in [6.07, 6.45) is 4.07. The van der Waals surface area contributed by atoms with E-state index in [1.807, 2.05) is 0 Å². The molecular formula is C14H16FNO4S. The van der Waals surface area contributed by atoms with Gasteiger partial charge in [-0.2, -0.15) is 0 Å². The summed E-state index contributed by atoms with van der Waals surface area (Å²) in [5.41, 5.74) is 0.290. The zero-order valence-electron chi connectivity index (χ0n) is 11.5. The van der Waals surface area contributed by atoms with E-state index in [4.69, 9.17) is 5.11 Å². The Hall–Kier alpha value is -1.73. The molecule has 1 aliphatic rings. The van der Waals surface area contributed by atoms with Crippen molar-refractivity contribution < 1.29 is 22.7 Å². The number of carboxylic acids is 1. The van der Waals surface area contributed by atoms with E-state index < -0.39 is 26.7 Å². The standard InChI is InChI=1S/C14H16FNO4S/c1-16(9-11-2-3-11)21(19,20)13-6-4-10(8-12(13)15)5-7-14(17)18/h4-8,11H,2-3,9H2,1H3,(H,17,18)/b7-5+. The van der Waals surface area contributed by atoms with Crippen LogP contribution in [0.15, 0.2) is 29.2 Å². The topological polar surface area (TPSA) is 74.7 Å². The van der Waals surface area contributed by atoms with Gasteiger partial charge in [0.25, 0.3) is 0 Å². The molecule has 1 aliphatic carbocycles. The Morgan fingerprint density at radius 3 is 2.67 bits per heavy atom. The monoisotopic (exact) mass is 313 g/mol. The lowest BCUT2D eigenvalue weighted by Gasteiger charge is -2.17. The van der Waals surface area contributed by atoms with Crippen LogP contribution in [-0.2, 0) is 14.8 Å². The van der Waals surface area contributed by atoms with Crippen LogP contribution >= 0.6 is 0 Å². The van der Waals surface area contributed by atoms with Crippen LogP contribution in [0.2, 0.25) is 0 Å². The van der Waals surface area contributed by atoms with E-state index in [0.717, 1.165) is 35.4 Å². The molecule has 2 rings (SSSR count). The van der Waals surface area contributed by atoms with E-state index in [1.54, 1.807) is 0 Å². The molecule has 7 heteroatoms. The molecule has 0 aromatic heterocycles. The predicted molar refractivity (Wildman–Crippen MR) is 75.6 cm³/mol. The fourth-order valence-corrected chi connectivity index (χ4v) is 3.22. The first kappa shape index (κ1) is 15.7. The zero-order valence-corrected chi connectivity index (χ0v) is 12.3. The van der Waals surface area contributed by atoms with E-state index in [2.05, 4.69) is 0 Å². The molecule has 114 valence electrons. The van der Waals surface area contributed by atoms with Gasteiger partial charge in [-0.15, -0.1) is 0 Å². The summed E-state index contributed by atoms with van der Waals surface area (Å²) >= 11 is 0. The van der Waals surface area contributed by atoms with Gasteiger partial charge in [0.1, 0.15) is 10.7 Å². The first-order valence-electron chi connectivity index (χ1n) is 6.47. The predicted octanol–water partition coefficient (Wildman–Crippen LogP) is 1.95. The third kappa shape index (κ3) is 3.89. The number of nitrogens with zero attached hydrogens (tertiary/aromatic N) is 1. The lowest BCUT2D eigenvalue weighted by Crippen LogP contribution is -2.29. The molecule has 0 unspecified atom stereocenters. The lowest BCUT2D eigenvalue weighted by atomic mass is 10.2. The van der Waals surface area contributed by atoms with Crippen molar-refractivity contribution in [2.45, 2.75) is 17.7 Å². The van der Waals surface area contributed by atoms with Gasteiger partial charge in [0.15, 0.2) is 0 Å². The van der Waals surface area contributed by atoms with Crippen molar-refractivity contribution in [1.82, 2.24) is 4.31 Å². The largest absolute Gasteiger partial charge is 0.478 e. The van der Waals surface area contributed by atoms with Crippen molar-refractivity contribution in [3.63, 3.8) is 0 Å². The first-order chi connectivity index (χ1) is 9.80. The van der Waals surface area contributed by atoms with Gasteiger partial charge in [0, 0.05) is 19.7 Å². The Morgan fingerprint density at radius 1 is 1.48 bits per heavy atom. The maximum atomic E-state index is 14.0. The summed E-state index contributed by atoms with van der Waals surface area (Å²) in [4.78, 5) is 10.0. The number of hydrogen-bond donors (Lipinski definition) is 1. The van der Waals surface area contributed by atoms with Gasteiger partial charge in [-0.3, -0.25) is 0 Å². The molecule has 0 aliphatic heterocycles. The van der Waals surface area contributed by atoms with Crippen LogP contribution in [0.3, 0.4) is 0 Å². The van der Waals surface area contributed by atoms with E-state index >= 15 is 0 Å². The number of halogens is 1. The highest BCUT2D eigenvalue weighted by Crippen LogP contribution is 2.31. The SMILES string of the molecule is CN(CC1CC1)S(=O)(=O)c1ccc(/C=C/C(=O)O)cc1F. The van der Waals surface area contributed by atoms with Gasteiger partial charge in [0.05, 0.1) is 0 Å². The second-order valence-corrected chi connectivity index (χ2v) is 7.10. The van der Waals surface area contributed by atoms with Crippen LogP contribution in [0.25, 0.3) is 6.08 Å². The molecule has 0 bridgehead atoms. The molecule has 0 heterocycles. The Labute approximate surface area is 122 Å². The van der Waals surface area contributed by atoms with Crippen LogP contribution in [0.1, 0.15) is 18.4 Å². The van der Waals surface area contributed by atoms with E-state index in [-0.39, 0.29) is 0 Å². The number of rotatable bonds is 6. The lowest BCUT2D eigenvalue weighted by molar-refractivity contribution is -0.131. The van der Waals surface area contributed by atoms with E-state index in [9.17, 15) is 17.6 Å². The second-order valence-electron chi connectivity index (χ2n) is 5.09. The summed E-state index contributed by atoms with van der Waals surface area (Å²) in [7, 11) is -2.42. The number of benzene rings is 1. The van der Waals surface area contributed by atoms with Gasteiger partial charge < -0.3 is 5.11 Å². The normalized spacial score (nSPS) is 15.8. The van der Waals surface area contributed by atoms with Crippen molar-refractivity contribution in [2.75, 3.05) is 13.6 Å². The minimum atomic E-state index is -3.85. The third-order valence-electron chi connectivity index (χ3n) is 3.27. The highest BCUT2D eigenvalue weighted by molar-refractivity contribution is 7.89. The summed E-state index contributed by atoms with van der Waals surface area (Å²) in [5.74, 6) is -1.67. The molecule has 1 saturated carbocycles. The fourth-order valence-electron chi connectivity index (χ4n) is 1.93. The molecular weight excluding hydrogens is 297 g/mol. The minimum absolute atomic E-state index is 0.290. The number of carboxylic acid groups (broad SMARTS) is 1. The Balaban J connectivity index is 2.24. The minimum Gasteiger partial charge on any atom is -0.478 e. The Morgan fingerprint density at radius 2 is 2.14 bits per heavy atom. The second kappa shape index (κ2) is 5.95. The van der Waals surface area contributed by atoms with E-state index in [1.165, 1.54) is 19.2 Å². The number of carbonyl (C=O) groups is 1. The number of sulfonamides is 1. The maximum absolute atomic E-state index is 14.0. The smallest absolute Gasteiger partial charge is 0.328 e. The van der Waals surface area contributed by atoms with Gasteiger partial charge >= 0.3 is 5.97 Å². The van der Waals surface area contributed by atoms with Crippen LogP contribution in [0, 0.1) is 11.7 Å². The van der Waals surface area contributed by atoms with Gasteiger partial charge in [0.2, 0.25) is 10.0 Å². The Bertz CT molecular complexity index is 680. The summed E-state index contributed by atoms with van der Waals surface area (Å²) in [5, 5.41) is 8.51. The molecule has 0 spiro atoms. The molecule has 0 amide bonds. The highest BCUT2D eigenvalue weighted by atomic mass is 32.2. The average Bonchev–Trinajstić information content (AvgIpc) is 3.20. The van der Waals surface area contributed by atoms with Crippen molar-refractivity contribution >= 4 is 22.1 Å². The molecule has 1 aromatic carbocycles. The van der Waals surface area contributed by atoms with Crippen molar-refractivity contribution in [3.8, 4) is 0 Å². The average molecular weight is 313 g/mol. The molecule has 0 atom stereocenters. The number of hydrogen-bond acceptors (Lipinski definition) is 3. The molecule has 0 radical (unpaired) electrons. The van der Waals surface area contributed by atoms with Crippen LogP contribution in [-0.4, -0.2) is 37.4 Å². The fraction of sp³-hybridized carbons (Fsp3) is 0.357. The van der Waals surface area contributed by atoms with E-state index in [0.29, 0.717) is 18.0 Å². The Kier molecular flexibility index (Phi) is 4.43. The first-order valence-corrected chi connectivity index (χ1v) is 7.91. The molecule has 0 saturated heterocycles. The van der Waals surface area contributed by atoms with Crippen molar-refractivity contribution in [2.24, 2.45) is 5.92 Å². The zero-order chi connectivity index (χ0) is 15.6. The van der Waals surface area contributed by atoms with Crippen molar-refractivity contribution in [3.05, 3.63) is 35.7 Å².